The van der Waals surface area contributed by atoms with Crippen molar-refractivity contribution in [1.82, 2.24) is 9.55 Å². The number of fused-ring (bicyclic) bond motifs is 6. The van der Waals surface area contributed by atoms with Crippen LogP contribution in [0, 0.1) is 17.8 Å². The minimum absolute atomic E-state index is 0.0392. The van der Waals surface area contributed by atoms with Crippen LogP contribution in [0.3, 0.4) is 0 Å². The zero-order chi connectivity index (χ0) is 24.8. The smallest absolute Gasteiger partial charge is 0.338 e. The number of thioether (sulfide) groups is 1. The Morgan fingerprint density at radius 2 is 1.97 bits per heavy atom. The molecule has 36 heavy (non-hydrogen) atoms. The van der Waals surface area contributed by atoms with Crippen LogP contribution in [0.4, 0.5) is 5.69 Å². The number of nitrogens with one attached hydrogen (secondary N) is 1. The van der Waals surface area contributed by atoms with Crippen LogP contribution < -0.4 is 10.2 Å². The zero-order valence-electron chi connectivity index (χ0n) is 19.9. The lowest BCUT2D eigenvalue weighted by molar-refractivity contribution is -0.116. The zero-order valence-corrected chi connectivity index (χ0v) is 21.5. The number of carbonyl (C=O) groups excluding carboxylic acids is 2. The third kappa shape index (κ3) is 4.08. The summed E-state index contributed by atoms with van der Waals surface area (Å²) in [6.45, 7) is 2.02. The number of benzene rings is 1. The molecular formula is C27H27N3O4S2. The fourth-order valence-electron chi connectivity index (χ4n) is 6.27. The van der Waals surface area contributed by atoms with Gasteiger partial charge in [0.15, 0.2) is 0 Å². The minimum atomic E-state index is -0.397. The molecule has 9 heteroatoms. The van der Waals surface area contributed by atoms with Gasteiger partial charge in [0.1, 0.15) is 6.54 Å². The predicted octanol–water partition coefficient (Wildman–Crippen LogP) is 4.77. The fourth-order valence-corrected chi connectivity index (χ4v) is 9.42. The van der Waals surface area contributed by atoms with Gasteiger partial charge in [-0.1, -0.05) is 17.4 Å². The van der Waals surface area contributed by atoms with Crippen LogP contribution in [-0.4, -0.2) is 33.3 Å². The Balaban J connectivity index is 1.26. The average molecular weight is 522 g/mol. The molecule has 3 aliphatic rings. The number of esters is 1. The highest BCUT2D eigenvalue weighted by Gasteiger charge is 2.55. The van der Waals surface area contributed by atoms with Crippen molar-refractivity contribution < 1.29 is 14.3 Å². The highest BCUT2D eigenvalue weighted by atomic mass is 32.2. The van der Waals surface area contributed by atoms with Crippen molar-refractivity contribution in [2.24, 2.45) is 17.8 Å². The summed E-state index contributed by atoms with van der Waals surface area (Å²) >= 11 is 3.10. The molecule has 2 aromatic heterocycles. The molecule has 186 valence electrons. The summed E-state index contributed by atoms with van der Waals surface area (Å²) in [5.41, 5.74) is 2.16. The van der Waals surface area contributed by atoms with Gasteiger partial charge in [0.25, 0.3) is 0 Å². The second-order valence-corrected chi connectivity index (χ2v) is 11.9. The topological polar surface area (TPSA) is 90.3 Å². The van der Waals surface area contributed by atoms with Crippen LogP contribution in [0.5, 0.6) is 0 Å². The van der Waals surface area contributed by atoms with Gasteiger partial charge >= 0.3 is 10.8 Å². The molecule has 7 nitrogen and oxygen atoms in total. The van der Waals surface area contributed by atoms with Gasteiger partial charge in [-0.2, -0.15) is 0 Å². The number of thiazole rings is 1. The molecule has 5 atom stereocenters. The maximum Gasteiger partial charge on any atom is 0.338 e. The Labute approximate surface area is 217 Å². The van der Waals surface area contributed by atoms with Gasteiger partial charge in [-0.25, -0.2) is 4.79 Å². The number of amides is 1. The van der Waals surface area contributed by atoms with Crippen molar-refractivity contribution in [3.8, 4) is 0 Å². The number of pyridine rings is 1. The lowest BCUT2D eigenvalue weighted by atomic mass is 9.75. The first kappa shape index (κ1) is 23.5. The molecule has 2 bridgehead atoms. The quantitative estimate of drug-likeness (QED) is 0.470. The molecule has 1 amide bonds. The van der Waals surface area contributed by atoms with Crippen molar-refractivity contribution in [3.63, 3.8) is 0 Å². The molecular weight excluding hydrogens is 494 g/mol. The SMILES string of the molecule is CCOC(=O)c1ccc(NC(=O)Cn2c3c(sc2=O)C(c2cccnc2)C2C4CCC(C4)C2S3)cc1. The van der Waals surface area contributed by atoms with Crippen LogP contribution in [-0.2, 0) is 16.1 Å². The van der Waals surface area contributed by atoms with Gasteiger partial charge in [0.2, 0.25) is 5.91 Å². The van der Waals surface area contributed by atoms with E-state index in [2.05, 4.69) is 16.4 Å². The van der Waals surface area contributed by atoms with Crippen molar-refractivity contribution in [2.75, 3.05) is 11.9 Å². The van der Waals surface area contributed by atoms with Crippen molar-refractivity contribution in [2.45, 2.75) is 48.9 Å². The first-order valence-electron chi connectivity index (χ1n) is 12.4. The van der Waals surface area contributed by atoms with E-state index in [4.69, 9.17) is 4.74 Å². The Morgan fingerprint density at radius 3 is 2.72 bits per heavy atom. The number of hydrogen-bond acceptors (Lipinski definition) is 7. The lowest BCUT2D eigenvalue weighted by Gasteiger charge is -2.40. The fraction of sp³-hybridized carbons (Fsp3) is 0.407. The molecule has 2 fully saturated rings. The number of ether oxygens (including phenoxy) is 1. The van der Waals surface area contributed by atoms with E-state index in [9.17, 15) is 14.4 Å². The molecule has 3 aromatic rings. The maximum absolute atomic E-state index is 13.2. The Kier molecular flexibility index (Phi) is 6.21. The maximum atomic E-state index is 13.2. The summed E-state index contributed by atoms with van der Waals surface area (Å²) in [5, 5.41) is 4.28. The number of anilines is 1. The van der Waals surface area contributed by atoms with Gasteiger partial charge in [0, 0.05) is 34.1 Å². The Morgan fingerprint density at radius 1 is 1.17 bits per heavy atom. The third-order valence-electron chi connectivity index (χ3n) is 7.72. The van der Waals surface area contributed by atoms with E-state index in [1.807, 2.05) is 24.0 Å². The van der Waals surface area contributed by atoms with Gasteiger partial charge in [-0.05, 0) is 79.8 Å². The highest BCUT2D eigenvalue weighted by molar-refractivity contribution is 8.00. The molecule has 1 N–H and O–H groups in total. The number of nitrogens with zero attached hydrogens (tertiary/aromatic N) is 2. The number of aromatic nitrogens is 2. The molecule has 0 saturated heterocycles. The second-order valence-electron chi connectivity index (χ2n) is 9.73. The van der Waals surface area contributed by atoms with Crippen LogP contribution in [0.2, 0.25) is 0 Å². The van der Waals surface area contributed by atoms with Crippen LogP contribution >= 0.6 is 23.1 Å². The first-order chi connectivity index (χ1) is 17.5. The summed E-state index contributed by atoms with van der Waals surface area (Å²) in [6, 6.07) is 10.7. The Bertz CT molecular complexity index is 1350. The van der Waals surface area contributed by atoms with Gasteiger partial charge in [0.05, 0.1) is 17.2 Å². The van der Waals surface area contributed by atoms with E-state index in [-0.39, 0.29) is 23.2 Å². The molecule has 1 aliphatic heterocycles. The van der Waals surface area contributed by atoms with E-state index in [1.54, 1.807) is 42.0 Å². The molecule has 0 spiro atoms. The molecule has 3 heterocycles. The summed E-state index contributed by atoms with van der Waals surface area (Å²) in [5.74, 6) is 1.38. The van der Waals surface area contributed by atoms with E-state index < -0.39 is 5.97 Å². The number of carbonyl (C=O) groups is 2. The van der Waals surface area contributed by atoms with E-state index in [0.717, 1.165) is 9.90 Å². The minimum Gasteiger partial charge on any atom is -0.462 e. The van der Waals surface area contributed by atoms with E-state index in [1.165, 1.54) is 36.2 Å². The monoisotopic (exact) mass is 521 g/mol. The average Bonchev–Trinajstić information content (AvgIpc) is 3.58. The van der Waals surface area contributed by atoms with Crippen LogP contribution in [0.15, 0.2) is 58.6 Å². The summed E-state index contributed by atoms with van der Waals surface area (Å²) in [7, 11) is 0. The predicted molar refractivity (Wildman–Crippen MR) is 140 cm³/mol. The molecule has 6 rings (SSSR count). The van der Waals surface area contributed by atoms with Crippen molar-refractivity contribution in [3.05, 3.63) is 74.5 Å². The summed E-state index contributed by atoms with van der Waals surface area (Å²) in [4.78, 5) is 43.4. The molecule has 2 saturated carbocycles. The number of hydrogen-bond donors (Lipinski definition) is 1. The highest BCUT2D eigenvalue weighted by Crippen LogP contribution is 2.63. The van der Waals surface area contributed by atoms with Crippen molar-refractivity contribution in [1.29, 1.82) is 0 Å². The largest absolute Gasteiger partial charge is 0.462 e. The standard InChI is InChI=1S/C27H27N3O4S2/c1-2-34-26(32)15-7-9-19(10-8-15)29-20(31)14-30-25-24(36-27(30)33)22(18-4-3-11-28-13-18)21-16-5-6-17(12-16)23(21)35-25/h3-4,7-11,13,16-17,21-23H,2,5-6,12,14H2,1H3,(H,29,31). The van der Waals surface area contributed by atoms with Crippen LogP contribution in [0.25, 0.3) is 0 Å². The summed E-state index contributed by atoms with van der Waals surface area (Å²) < 4.78 is 6.66. The first-order valence-corrected chi connectivity index (χ1v) is 14.1. The Hall–Kier alpha value is -2.91. The van der Waals surface area contributed by atoms with E-state index >= 15 is 0 Å². The van der Waals surface area contributed by atoms with Gasteiger partial charge < -0.3 is 10.1 Å². The third-order valence-corrected chi connectivity index (χ3v) is 10.5. The second kappa shape index (κ2) is 9.52. The van der Waals surface area contributed by atoms with Gasteiger partial charge in [-0.15, -0.1) is 11.8 Å². The van der Waals surface area contributed by atoms with Gasteiger partial charge in [-0.3, -0.25) is 19.1 Å². The normalized spacial score (nSPS) is 25.8. The van der Waals surface area contributed by atoms with Crippen molar-refractivity contribution >= 4 is 40.7 Å². The summed E-state index contributed by atoms with van der Waals surface area (Å²) in [6.07, 6.45) is 7.52. The number of rotatable bonds is 6. The molecule has 0 radical (unpaired) electrons. The molecule has 1 aromatic carbocycles. The molecule has 5 unspecified atom stereocenters. The molecule has 2 aliphatic carbocycles. The van der Waals surface area contributed by atoms with Crippen LogP contribution in [0.1, 0.15) is 52.9 Å². The van der Waals surface area contributed by atoms with E-state index in [0.29, 0.717) is 40.9 Å². The lowest BCUT2D eigenvalue weighted by Crippen LogP contribution is -2.34.